The maximum absolute atomic E-state index is 9.68. The van der Waals surface area contributed by atoms with E-state index in [9.17, 15) is 10.2 Å². The first kappa shape index (κ1) is 13.9. The number of H-pyrrole nitrogens is 1. The molecule has 4 N–H and O–H groups in total. The van der Waals surface area contributed by atoms with Crippen molar-refractivity contribution in [3.05, 3.63) is 48.0 Å². The Morgan fingerprint density at radius 1 is 1.08 bits per heavy atom. The van der Waals surface area contributed by atoms with E-state index in [0.29, 0.717) is 16.7 Å². The number of benzene rings is 2. The van der Waals surface area contributed by atoms with E-state index in [0.717, 1.165) is 10.9 Å². The second-order valence-electron chi connectivity index (χ2n) is 5.12. The van der Waals surface area contributed by atoms with Gasteiger partial charge in [-0.1, -0.05) is 18.2 Å². The van der Waals surface area contributed by atoms with Gasteiger partial charge in [0.2, 0.25) is 0 Å². The highest BCUT2D eigenvalue weighted by Gasteiger charge is 2.08. The quantitative estimate of drug-likeness (QED) is 0.340. The van der Waals surface area contributed by atoms with Crippen LogP contribution in [0.2, 0.25) is 0 Å². The summed E-state index contributed by atoms with van der Waals surface area (Å²) >= 11 is 0. The molecule has 0 fully saturated rings. The van der Waals surface area contributed by atoms with E-state index in [1.165, 1.54) is 24.4 Å². The summed E-state index contributed by atoms with van der Waals surface area (Å²) in [5.74, 6) is 0.128. The number of phenolic OH excluding ortho intramolecular Hbond substituents is 2. The van der Waals surface area contributed by atoms with Crippen LogP contribution in [0.5, 0.6) is 11.5 Å². The van der Waals surface area contributed by atoms with E-state index >= 15 is 0 Å². The SMILES string of the molecule is Oc1ccc(/C=N\Nc2nnc3c(n2)[nH]c2ccccc23)c(O)c1. The third-order valence-corrected chi connectivity index (χ3v) is 3.50. The van der Waals surface area contributed by atoms with Crippen molar-refractivity contribution in [2.75, 3.05) is 5.43 Å². The van der Waals surface area contributed by atoms with Gasteiger partial charge in [-0.3, -0.25) is 0 Å². The summed E-state index contributed by atoms with van der Waals surface area (Å²) in [6, 6.07) is 12.0. The number of para-hydroxylation sites is 1. The number of anilines is 1. The highest BCUT2D eigenvalue weighted by Crippen LogP contribution is 2.22. The number of hydrazone groups is 1. The normalized spacial score (nSPS) is 11.5. The Labute approximate surface area is 135 Å². The topological polar surface area (TPSA) is 119 Å². The Balaban J connectivity index is 1.60. The molecular weight excluding hydrogens is 308 g/mol. The Hall–Kier alpha value is -3.68. The van der Waals surface area contributed by atoms with Crippen molar-refractivity contribution in [1.82, 2.24) is 20.2 Å². The molecule has 0 saturated carbocycles. The molecule has 8 nitrogen and oxygen atoms in total. The number of rotatable bonds is 3. The number of fused-ring (bicyclic) bond motifs is 3. The Kier molecular flexibility index (Phi) is 3.20. The summed E-state index contributed by atoms with van der Waals surface area (Å²) in [5.41, 5.74) is 5.34. The zero-order valence-corrected chi connectivity index (χ0v) is 12.3. The largest absolute Gasteiger partial charge is 0.508 e. The highest BCUT2D eigenvalue weighted by atomic mass is 16.3. The second-order valence-corrected chi connectivity index (χ2v) is 5.12. The molecule has 4 rings (SSSR count). The molecular formula is C16H12N6O2. The molecule has 0 unspecified atom stereocenters. The van der Waals surface area contributed by atoms with Gasteiger partial charge >= 0.3 is 0 Å². The molecule has 0 aliphatic heterocycles. The van der Waals surface area contributed by atoms with Crippen molar-refractivity contribution in [2.24, 2.45) is 5.10 Å². The fourth-order valence-corrected chi connectivity index (χ4v) is 2.37. The molecule has 4 aromatic rings. The number of aromatic nitrogens is 4. The van der Waals surface area contributed by atoms with Crippen LogP contribution < -0.4 is 5.43 Å². The Morgan fingerprint density at radius 2 is 1.96 bits per heavy atom. The third-order valence-electron chi connectivity index (χ3n) is 3.50. The number of aromatic hydroxyl groups is 2. The molecule has 0 saturated heterocycles. The fraction of sp³-hybridized carbons (Fsp3) is 0. The molecule has 118 valence electrons. The highest BCUT2D eigenvalue weighted by molar-refractivity contribution is 6.03. The van der Waals surface area contributed by atoms with Crippen LogP contribution in [-0.4, -0.2) is 36.6 Å². The van der Waals surface area contributed by atoms with E-state index in [1.54, 1.807) is 0 Å². The van der Waals surface area contributed by atoms with E-state index in [4.69, 9.17) is 0 Å². The van der Waals surface area contributed by atoms with Gasteiger partial charge in [-0.15, -0.1) is 10.2 Å². The van der Waals surface area contributed by atoms with Crippen molar-refractivity contribution in [3.63, 3.8) is 0 Å². The molecule has 0 aliphatic rings. The lowest BCUT2D eigenvalue weighted by molar-refractivity contribution is 0.450. The number of hydrogen-bond acceptors (Lipinski definition) is 7. The van der Waals surface area contributed by atoms with Crippen molar-refractivity contribution in [2.45, 2.75) is 0 Å². The lowest BCUT2D eigenvalue weighted by Gasteiger charge is -2.00. The van der Waals surface area contributed by atoms with Gasteiger partial charge in [0.25, 0.3) is 5.95 Å². The molecule has 24 heavy (non-hydrogen) atoms. The van der Waals surface area contributed by atoms with E-state index < -0.39 is 0 Å². The summed E-state index contributed by atoms with van der Waals surface area (Å²) in [6.45, 7) is 0. The van der Waals surface area contributed by atoms with E-state index in [1.807, 2.05) is 24.3 Å². The molecule has 0 aliphatic carbocycles. The minimum absolute atomic E-state index is 0.0191. The number of hydrogen-bond donors (Lipinski definition) is 4. The summed E-state index contributed by atoms with van der Waals surface area (Å²) < 4.78 is 0. The predicted molar refractivity (Wildman–Crippen MR) is 90.2 cm³/mol. The van der Waals surface area contributed by atoms with Gasteiger partial charge in [-0.05, 0) is 18.2 Å². The zero-order valence-electron chi connectivity index (χ0n) is 12.3. The Morgan fingerprint density at radius 3 is 2.83 bits per heavy atom. The van der Waals surface area contributed by atoms with Gasteiger partial charge < -0.3 is 15.2 Å². The van der Waals surface area contributed by atoms with Gasteiger partial charge in [0.1, 0.15) is 17.0 Å². The lowest BCUT2D eigenvalue weighted by Crippen LogP contribution is -1.99. The van der Waals surface area contributed by atoms with Gasteiger partial charge in [0.05, 0.1) is 6.21 Å². The summed E-state index contributed by atoms with van der Waals surface area (Å²) in [7, 11) is 0. The van der Waals surface area contributed by atoms with Crippen molar-refractivity contribution < 1.29 is 10.2 Å². The van der Waals surface area contributed by atoms with Gasteiger partial charge in [-0.2, -0.15) is 10.1 Å². The smallest absolute Gasteiger partial charge is 0.265 e. The van der Waals surface area contributed by atoms with E-state index in [2.05, 4.69) is 30.7 Å². The first-order valence-corrected chi connectivity index (χ1v) is 7.13. The summed E-state index contributed by atoms with van der Waals surface area (Å²) in [6.07, 6.45) is 1.40. The Bertz CT molecular complexity index is 1070. The van der Waals surface area contributed by atoms with Crippen LogP contribution in [-0.2, 0) is 0 Å². The van der Waals surface area contributed by atoms with Gasteiger partial charge in [0.15, 0.2) is 5.65 Å². The van der Waals surface area contributed by atoms with Crippen LogP contribution in [0, 0.1) is 0 Å². The van der Waals surface area contributed by atoms with Crippen molar-refractivity contribution >= 4 is 34.2 Å². The average molecular weight is 320 g/mol. The number of nitrogens with zero attached hydrogens (tertiary/aromatic N) is 4. The summed E-state index contributed by atoms with van der Waals surface area (Å²) in [4.78, 5) is 7.49. The molecule has 0 spiro atoms. The number of nitrogens with one attached hydrogen (secondary N) is 2. The number of aromatic amines is 1. The van der Waals surface area contributed by atoms with Crippen LogP contribution >= 0.6 is 0 Å². The predicted octanol–water partition coefficient (Wildman–Crippen LogP) is 2.36. The number of phenols is 2. The molecule has 0 radical (unpaired) electrons. The van der Waals surface area contributed by atoms with E-state index in [-0.39, 0.29) is 17.4 Å². The van der Waals surface area contributed by atoms with Crippen LogP contribution in [0.15, 0.2) is 47.6 Å². The molecule has 0 amide bonds. The van der Waals surface area contributed by atoms with Crippen LogP contribution in [0.25, 0.3) is 22.1 Å². The standard InChI is InChI=1S/C16H12N6O2/c23-10-6-5-9(13(24)7-10)8-17-21-16-19-15-14(20-22-16)11-3-1-2-4-12(11)18-15/h1-8,23-24H,(H2,18,19,21,22)/b17-8-. The maximum atomic E-state index is 9.68. The molecule has 2 heterocycles. The third kappa shape index (κ3) is 2.45. The van der Waals surface area contributed by atoms with Gasteiger partial charge in [-0.25, -0.2) is 5.43 Å². The van der Waals surface area contributed by atoms with Crippen molar-refractivity contribution in [1.29, 1.82) is 0 Å². The fourth-order valence-electron chi connectivity index (χ4n) is 2.37. The minimum atomic E-state index is -0.0781. The molecule has 0 atom stereocenters. The monoisotopic (exact) mass is 320 g/mol. The van der Waals surface area contributed by atoms with Crippen LogP contribution in [0.1, 0.15) is 5.56 Å². The molecule has 2 aromatic heterocycles. The first-order chi connectivity index (χ1) is 11.7. The van der Waals surface area contributed by atoms with Crippen molar-refractivity contribution in [3.8, 4) is 11.5 Å². The lowest BCUT2D eigenvalue weighted by atomic mass is 10.2. The second kappa shape index (κ2) is 5.51. The zero-order chi connectivity index (χ0) is 16.5. The molecule has 2 aromatic carbocycles. The first-order valence-electron chi connectivity index (χ1n) is 7.13. The maximum Gasteiger partial charge on any atom is 0.265 e. The summed E-state index contributed by atoms with van der Waals surface area (Å²) in [5, 5.41) is 32.0. The minimum Gasteiger partial charge on any atom is -0.508 e. The molecule has 0 bridgehead atoms. The van der Waals surface area contributed by atoms with Crippen LogP contribution in [0.3, 0.4) is 0 Å². The molecule has 8 heteroatoms. The average Bonchev–Trinajstić information content (AvgIpc) is 2.94. The van der Waals surface area contributed by atoms with Crippen LogP contribution in [0.4, 0.5) is 5.95 Å². The van der Waals surface area contributed by atoms with Gasteiger partial charge in [0, 0.05) is 22.5 Å².